The summed E-state index contributed by atoms with van der Waals surface area (Å²) in [5.74, 6) is -1.78. The van der Waals surface area contributed by atoms with Gasteiger partial charge in [0.15, 0.2) is 0 Å². The van der Waals surface area contributed by atoms with Gasteiger partial charge in [0.1, 0.15) is 0 Å². The Bertz CT molecular complexity index is 644. The van der Waals surface area contributed by atoms with Crippen LogP contribution in [-0.4, -0.2) is 36.9 Å². The Kier molecular flexibility index (Phi) is 4.22. The van der Waals surface area contributed by atoms with Gasteiger partial charge in [0.2, 0.25) is 10.0 Å². The fraction of sp³-hybridized carbons (Fsp3) is 0.462. The number of benzene rings is 1. The van der Waals surface area contributed by atoms with Crippen molar-refractivity contribution in [2.24, 2.45) is 11.8 Å². The molecule has 0 unspecified atom stereocenters. The van der Waals surface area contributed by atoms with Crippen LogP contribution in [0.2, 0.25) is 0 Å². The molecule has 0 aliphatic carbocycles. The van der Waals surface area contributed by atoms with E-state index < -0.39 is 21.9 Å². The van der Waals surface area contributed by atoms with E-state index in [1.807, 2.05) is 6.92 Å². The second-order valence-corrected chi connectivity index (χ2v) is 7.94. The number of hydrogen-bond acceptors (Lipinski definition) is 3. The third-order valence-corrected chi connectivity index (χ3v) is 6.41. The summed E-state index contributed by atoms with van der Waals surface area (Å²) >= 11 is 3.27. The highest BCUT2D eigenvalue weighted by molar-refractivity contribution is 9.10. The zero-order chi connectivity index (χ0) is 15.1. The van der Waals surface area contributed by atoms with Crippen molar-refractivity contribution in [3.05, 3.63) is 28.2 Å². The number of sulfonamides is 1. The fourth-order valence-electron chi connectivity index (χ4n) is 2.39. The number of rotatable bonds is 3. The summed E-state index contributed by atoms with van der Waals surface area (Å²) in [6.07, 6.45) is 0. The quantitative estimate of drug-likeness (QED) is 0.894. The summed E-state index contributed by atoms with van der Waals surface area (Å²) in [6.45, 7) is 3.90. The van der Waals surface area contributed by atoms with Gasteiger partial charge in [0, 0.05) is 17.6 Å². The van der Waals surface area contributed by atoms with E-state index in [9.17, 15) is 13.2 Å². The van der Waals surface area contributed by atoms with Gasteiger partial charge in [-0.2, -0.15) is 4.31 Å². The van der Waals surface area contributed by atoms with E-state index in [4.69, 9.17) is 5.11 Å². The number of nitrogens with zero attached hydrogens (tertiary/aromatic N) is 1. The van der Waals surface area contributed by atoms with E-state index in [0.29, 0.717) is 4.47 Å². The number of aryl methyl sites for hydroxylation is 1. The van der Waals surface area contributed by atoms with Gasteiger partial charge in [0.25, 0.3) is 0 Å². The summed E-state index contributed by atoms with van der Waals surface area (Å²) in [5, 5.41) is 9.10. The van der Waals surface area contributed by atoms with Gasteiger partial charge in [-0.15, -0.1) is 0 Å². The molecule has 0 radical (unpaired) electrons. The zero-order valence-electron chi connectivity index (χ0n) is 11.2. The Morgan fingerprint density at radius 1 is 1.40 bits per heavy atom. The van der Waals surface area contributed by atoms with Crippen LogP contribution in [0.15, 0.2) is 27.6 Å². The molecule has 1 aliphatic rings. The molecule has 1 aromatic carbocycles. The lowest BCUT2D eigenvalue weighted by molar-refractivity contribution is -0.142. The Hall–Kier alpha value is -0.920. The number of carboxylic acids is 1. The SMILES string of the molecule is Cc1ccc(S(=O)(=O)N2C[C@@H](C)[C@H](C(=O)O)C2)c(Br)c1. The maximum absolute atomic E-state index is 12.6. The summed E-state index contributed by atoms with van der Waals surface area (Å²) in [7, 11) is -3.66. The van der Waals surface area contributed by atoms with Gasteiger partial charge >= 0.3 is 5.97 Å². The molecule has 2 rings (SSSR count). The van der Waals surface area contributed by atoms with E-state index in [1.165, 1.54) is 4.31 Å². The van der Waals surface area contributed by atoms with Gasteiger partial charge in [0.05, 0.1) is 10.8 Å². The van der Waals surface area contributed by atoms with Gasteiger partial charge in [-0.25, -0.2) is 8.42 Å². The van der Waals surface area contributed by atoms with Crippen molar-refractivity contribution in [1.29, 1.82) is 0 Å². The Morgan fingerprint density at radius 2 is 2.05 bits per heavy atom. The van der Waals surface area contributed by atoms with Crippen LogP contribution in [0.4, 0.5) is 0 Å². The highest BCUT2D eigenvalue weighted by atomic mass is 79.9. The van der Waals surface area contributed by atoms with Gasteiger partial charge in [-0.1, -0.05) is 13.0 Å². The van der Waals surface area contributed by atoms with Crippen molar-refractivity contribution in [3.8, 4) is 0 Å². The molecule has 0 saturated carbocycles. The topological polar surface area (TPSA) is 74.7 Å². The van der Waals surface area contributed by atoms with Gasteiger partial charge in [-0.05, 0) is 46.5 Å². The Morgan fingerprint density at radius 3 is 2.55 bits per heavy atom. The lowest BCUT2D eigenvalue weighted by Gasteiger charge is -2.17. The second kappa shape index (κ2) is 5.46. The average Bonchev–Trinajstić information content (AvgIpc) is 2.71. The number of aliphatic carboxylic acids is 1. The lowest BCUT2D eigenvalue weighted by atomic mass is 9.99. The van der Waals surface area contributed by atoms with Crippen LogP contribution in [0.25, 0.3) is 0 Å². The maximum atomic E-state index is 12.6. The van der Waals surface area contributed by atoms with Gasteiger partial charge < -0.3 is 5.11 Å². The van der Waals surface area contributed by atoms with Crippen molar-refractivity contribution in [2.75, 3.05) is 13.1 Å². The highest BCUT2D eigenvalue weighted by Gasteiger charge is 2.41. The van der Waals surface area contributed by atoms with Crippen LogP contribution in [0.1, 0.15) is 12.5 Å². The van der Waals surface area contributed by atoms with Crippen LogP contribution in [0.3, 0.4) is 0 Å². The molecule has 1 N–H and O–H groups in total. The second-order valence-electron chi connectivity index (χ2n) is 5.18. The van der Waals surface area contributed by atoms with E-state index in [-0.39, 0.29) is 23.9 Å². The van der Waals surface area contributed by atoms with Crippen LogP contribution < -0.4 is 0 Å². The molecule has 1 saturated heterocycles. The minimum Gasteiger partial charge on any atom is -0.481 e. The monoisotopic (exact) mass is 361 g/mol. The first-order chi connectivity index (χ1) is 9.23. The highest BCUT2D eigenvalue weighted by Crippen LogP contribution is 2.32. The van der Waals surface area contributed by atoms with Crippen LogP contribution in [-0.2, 0) is 14.8 Å². The van der Waals surface area contributed by atoms with E-state index in [2.05, 4.69) is 15.9 Å². The molecule has 5 nitrogen and oxygen atoms in total. The molecular formula is C13H16BrNO4S. The van der Waals surface area contributed by atoms with Crippen molar-refractivity contribution in [2.45, 2.75) is 18.7 Å². The predicted molar refractivity (Wildman–Crippen MR) is 77.9 cm³/mol. The Labute approximate surface area is 126 Å². The van der Waals surface area contributed by atoms with Crippen LogP contribution in [0.5, 0.6) is 0 Å². The fourth-order valence-corrected chi connectivity index (χ4v) is 5.11. The summed E-state index contributed by atoms with van der Waals surface area (Å²) < 4.78 is 26.9. The molecule has 2 atom stereocenters. The number of carbonyl (C=O) groups is 1. The minimum atomic E-state index is -3.66. The van der Waals surface area contributed by atoms with Crippen molar-refractivity contribution >= 4 is 31.9 Å². The smallest absolute Gasteiger partial charge is 0.308 e. The number of hydrogen-bond donors (Lipinski definition) is 1. The molecule has 1 aliphatic heterocycles. The molecule has 20 heavy (non-hydrogen) atoms. The first kappa shape index (κ1) is 15.5. The van der Waals surface area contributed by atoms with Crippen LogP contribution >= 0.6 is 15.9 Å². The zero-order valence-corrected chi connectivity index (χ0v) is 13.6. The predicted octanol–water partition coefficient (Wildman–Crippen LogP) is 2.10. The summed E-state index contributed by atoms with van der Waals surface area (Å²) in [4.78, 5) is 11.3. The molecule has 1 heterocycles. The molecular weight excluding hydrogens is 346 g/mol. The molecule has 0 amide bonds. The molecule has 0 spiro atoms. The Balaban J connectivity index is 2.35. The molecule has 7 heteroatoms. The first-order valence-electron chi connectivity index (χ1n) is 6.22. The van der Waals surface area contributed by atoms with Crippen molar-refractivity contribution < 1.29 is 18.3 Å². The average molecular weight is 362 g/mol. The van der Waals surface area contributed by atoms with Crippen LogP contribution in [0, 0.1) is 18.8 Å². The molecule has 110 valence electrons. The third kappa shape index (κ3) is 2.75. The third-order valence-electron chi connectivity index (χ3n) is 3.60. The van der Waals surface area contributed by atoms with E-state index in [1.54, 1.807) is 25.1 Å². The van der Waals surface area contributed by atoms with E-state index in [0.717, 1.165) is 5.56 Å². The normalized spacial score (nSPS) is 23.9. The summed E-state index contributed by atoms with van der Waals surface area (Å²) in [5.41, 5.74) is 0.953. The lowest BCUT2D eigenvalue weighted by Crippen LogP contribution is -2.30. The van der Waals surface area contributed by atoms with E-state index >= 15 is 0 Å². The standard InChI is InChI=1S/C13H16BrNO4S/c1-8-3-4-12(11(14)5-8)20(18,19)15-6-9(2)10(7-15)13(16)17/h3-5,9-10H,6-7H2,1-2H3,(H,16,17)/t9-,10-/m1/s1. The minimum absolute atomic E-state index is 0.0269. The van der Waals surface area contributed by atoms with Crippen molar-refractivity contribution in [3.63, 3.8) is 0 Å². The molecule has 0 aromatic heterocycles. The van der Waals surface area contributed by atoms with Crippen molar-refractivity contribution in [1.82, 2.24) is 4.31 Å². The molecule has 1 aromatic rings. The summed E-state index contributed by atoms with van der Waals surface area (Å²) in [6, 6.07) is 5.01. The molecule has 1 fully saturated rings. The largest absolute Gasteiger partial charge is 0.481 e. The van der Waals surface area contributed by atoms with Gasteiger partial charge in [-0.3, -0.25) is 4.79 Å². The number of halogens is 1. The first-order valence-corrected chi connectivity index (χ1v) is 8.46. The number of carboxylic acid groups (broad SMARTS) is 1. The maximum Gasteiger partial charge on any atom is 0.308 e. The molecule has 0 bridgehead atoms.